The second-order valence-electron chi connectivity index (χ2n) is 4.63. The summed E-state index contributed by atoms with van der Waals surface area (Å²) >= 11 is 0. The number of aliphatic hydroxyl groups is 1. The van der Waals surface area contributed by atoms with E-state index in [0.717, 1.165) is 24.2 Å². The van der Waals surface area contributed by atoms with Crippen molar-refractivity contribution in [3.63, 3.8) is 0 Å². The van der Waals surface area contributed by atoms with Crippen LogP contribution in [0.25, 0.3) is 0 Å². The highest BCUT2D eigenvalue weighted by Crippen LogP contribution is 2.40. The number of rotatable bonds is 4. The fourth-order valence-electron chi connectivity index (χ4n) is 1.98. The molecule has 1 aromatic rings. The van der Waals surface area contributed by atoms with Crippen molar-refractivity contribution in [3.8, 4) is 0 Å². The van der Waals surface area contributed by atoms with Gasteiger partial charge in [0.15, 0.2) is 0 Å². The van der Waals surface area contributed by atoms with E-state index in [1.807, 2.05) is 18.4 Å². The lowest BCUT2D eigenvalue weighted by Gasteiger charge is -2.27. The summed E-state index contributed by atoms with van der Waals surface area (Å²) in [5, 5.41) is 10.4. The minimum Gasteiger partial charge on any atom is -0.386 e. The van der Waals surface area contributed by atoms with Gasteiger partial charge < -0.3 is 15.4 Å². The van der Waals surface area contributed by atoms with Crippen molar-refractivity contribution >= 4 is 0 Å². The first-order valence-corrected chi connectivity index (χ1v) is 5.47. The first-order valence-electron chi connectivity index (χ1n) is 5.47. The zero-order valence-electron chi connectivity index (χ0n) is 9.40. The summed E-state index contributed by atoms with van der Waals surface area (Å²) in [6, 6.07) is 0. The average Bonchev–Trinajstić information content (AvgIpc) is 3.02. The van der Waals surface area contributed by atoms with Gasteiger partial charge in [-0.05, 0) is 32.6 Å². The molecule has 1 aliphatic rings. The molecule has 0 spiro atoms. The highest BCUT2D eigenvalue weighted by atomic mass is 16.3. The van der Waals surface area contributed by atoms with Crippen LogP contribution in [-0.4, -0.2) is 26.8 Å². The Balaban J connectivity index is 2.16. The molecular formula is C11H19N3O. The van der Waals surface area contributed by atoms with E-state index >= 15 is 0 Å². The Morgan fingerprint density at radius 3 is 2.67 bits per heavy atom. The normalized spacial score (nSPS) is 20.3. The molecule has 0 aliphatic heterocycles. The Morgan fingerprint density at radius 1 is 1.60 bits per heavy atom. The van der Waals surface area contributed by atoms with E-state index in [2.05, 4.69) is 4.98 Å². The van der Waals surface area contributed by atoms with Crippen molar-refractivity contribution < 1.29 is 5.11 Å². The van der Waals surface area contributed by atoms with Gasteiger partial charge in [-0.15, -0.1) is 0 Å². The second kappa shape index (κ2) is 3.61. The summed E-state index contributed by atoms with van der Waals surface area (Å²) in [4.78, 5) is 4.23. The molecule has 1 aromatic heterocycles. The molecule has 1 heterocycles. The van der Waals surface area contributed by atoms with E-state index in [4.69, 9.17) is 5.73 Å². The SMILES string of the molecule is Cc1ncn(CC(O)(CN)C2CC2)c1C. The van der Waals surface area contributed by atoms with Crippen LogP contribution in [0.3, 0.4) is 0 Å². The zero-order valence-corrected chi connectivity index (χ0v) is 9.40. The van der Waals surface area contributed by atoms with Crippen LogP contribution in [0.1, 0.15) is 24.2 Å². The molecule has 0 saturated heterocycles. The molecule has 1 atom stereocenters. The number of hydrogen-bond donors (Lipinski definition) is 2. The Hall–Kier alpha value is -0.870. The van der Waals surface area contributed by atoms with Gasteiger partial charge in [-0.25, -0.2) is 4.98 Å². The largest absolute Gasteiger partial charge is 0.386 e. The van der Waals surface area contributed by atoms with Crippen LogP contribution in [0, 0.1) is 19.8 Å². The summed E-state index contributed by atoms with van der Waals surface area (Å²) < 4.78 is 2.00. The number of aryl methyl sites for hydroxylation is 1. The minimum absolute atomic E-state index is 0.328. The quantitative estimate of drug-likeness (QED) is 0.763. The molecule has 84 valence electrons. The van der Waals surface area contributed by atoms with Gasteiger partial charge in [0.05, 0.1) is 24.2 Å². The Labute approximate surface area is 90.1 Å². The summed E-state index contributed by atoms with van der Waals surface area (Å²) in [5.41, 5.74) is 7.06. The first kappa shape index (κ1) is 10.6. The Kier molecular flexibility index (Phi) is 2.56. The summed E-state index contributed by atoms with van der Waals surface area (Å²) in [6.07, 6.45) is 3.98. The van der Waals surface area contributed by atoms with Gasteiger partial charge in [-0.3, -0.25) is 0 Å². The molecular weight excluding hydrogens is 190 g/mol. The van der Waals surface area contributed by atoms with Crippen LogP contribution in [0.15, 0.2) is 6.33 Å². The molecule has 0 aromatic carbocycles. The topological polar surface area (TPSA) is 64.1 Å². The Bertz CT molecular complexity index is 357. The van der Waals surface area contributed by atoms with Crippen molar-refractivity contribution in [1.29, 1.82) is 0 Å². The fraction of sp³-hybridized carbons (Fsp3) is 0.727. The molecule has 1 fully saturated rings. The van der Waals surface area contributed by atoms with Crippen LogP contribution in [-0.2, 0) is 6.54 Å². The molecule has 15 heavy (non-hydrogen) atoms. The summed E-state index contributed by atoms with van der Waals surface area (Å²) in [6.45, 7) is 4.89. The third-order valence-corrected chi connectivity index (χ3v) is 3.48. The van der Waals surface area contributed by atoms with Crippen molar-refractivity contribution in [3.05, 3.63) is 17.7 Å². The fourth-order valence-corrected chi connectivity index (χ4v) is 1.98. The van der Waals surface area contributed by atoms with E-state index in [1.165, 1.54) is 0 Å². The third-order valence-electron chi connectivity index (χ3n) is 3.48. The van der Waals surface area contributed by atoms with Crippen LogP contribution in [0.4, 0.5) is 0 Å². The molecule has 2 rings (SSSR count). The van der Waals surface area contributed by atoms with Crippen LogP contribution in [0.5, 0.6) is 0 Å². The van der Waals surface area contributed by atoms with Gasteiger partial charge in [-0.2, -0.15) is 0 Å². The van der Waals surface area contributed by atoms with Gasteiger partial charge in [-0.1, -0.05) is 0 Å². The molecule has 0 radical (unpaired) electrons. The average molecular weight is 209 g/mol. The lowest BCUT2D eigenvalue weighted by molar-refractivity contribution is 0.00889. The van der Waals surface area contributed by atoms with E-state index in [1.54, 1.807) is 6.33 Å². The number of imidazole rings is 1. The molecule has 1 aliphatic carbocycles. The van der Waals surface area contributed by atoms with Gasteiger partial charge in [0, 0.05) is 12.2 Å². The zero-order chi connectivity index (χ0) is 11.1. The molecule has 1 saturated carbocycles. The lowest BCUT2D eigenvalue weighted by atomic mass is 9.98. The maximum Gasteiger partial charge on any atom is 0.0975 e. The van der Waals surface area contributed by atoms with Crippen molar-refractivity contribution in [2.24, 2.45) is 11.7 Å². The molecule has 4 nitrogen and oxygen atoms in total. The van der Waals surface area contributed by atoms with E-state index < -0.39 is 5.60 Å². The predicted molar refractivity (Wildman–Crippen MR) is 58.4 cm³/mol. The monoisotopic (exact) mass is 209 g/mol. The van der Waals surface area contributed by atoms with Gasteiger partial charge in [0.25, 0.3) is 0 Å². The highest BCUT2D eigenvalue weighted by Gasteiger charge is 2.43. The smallest absolute Gasteiger partial charge is 0.0975 e. The minimum atomic E-state index is -0.738. The standard InChI is InChI=1S/C11H19N3O/c1-8-9(2)14(7-13-8)6-11(15,5-12)10-3-4-10/h7,10,15H,3-6,12H2,1-2H3. The maximum atomic E-state index is 10.4. The second-order valence-corrected chi connectivity index (χ2v) is 4.63. The maximum absolute atomic E-state index is 10.4. The third kappa shape index (κ3) is 1.92. The van der Waals surface area contributed by atoms with Gasteiger partial charge in [0.1, 0.15) is 0 Å². The first-order chi connectivity index (χ1) is 7.07. The van der Waals surface area contributed by atoms with E-state index in [-0.39, 0.29) is 0 Å². The number of nitrogens with two attached hydrogens (primary N) is 1. The molecule has 0 amide bonds. The van der Waals surface area contributed by atoms with Gasteiger partial charge in [0.2, 0.25) is 0 Å². The van der Waals surface area contributed by atoms with Crippen LogP contribution >= 0.6 is 0 Å². The molecule has 4 heteroatoms. The lowest BCUT2D eigenvalue weighted by Crippen LogP contribution is -2.44. The number of hydrogen-bond acceptors (Lipinski definition) is 3. The predicted octanol–water partition coefficient (Wildman–Crippen LogP) is 0.600. The van der Waals surface area contributed by atoms with E-state index in [9.17, 15) is 5.11 Å². The molecule has 3 N–H and O–H groups in total. The summed E-state index contributed by atoms with van der Waals surface area (Å²) in [5.74, 6) is 0.379. The number of nitrogens with zero attached hydrogens (tertiary/aromatic N) is 2. The molecule has 0 bridgehead atoms. The van der Waals surface area contributed by atoms with E-state index in [0.29, 0.717) is 19.0 Å². The molecule has 1 unspecified atom stereocenters. The van der Waals surface area contributed by atoms with Crippen LogP contribution in [0.2, 0.25) is 0 Å². The van der Waals surface area contributed by atoms with Gasteiger partial charge >= 0.3 is 0 Å². The summed E-state index contributed by atoms with van der Waals surface area (Å²) in [7, 11) is 0. The van der Waals surface area contributed by atoms with Crippen molar-refractivity contribution in [2.75, 3.05) is 6.54 Å². The van der Waals surface area contributed by atoms with Crippen molar-refractivity contribution in [1.82, 2.24) is 9.55 Å². The van der Waals surface area contributed by atoms with Crippen molar-refractivity contribution in [2.45, 2.75) is 38.8 Å². The Morgan fingerprint density at radius 2 is 2.27 bits per heavy atom. The van der Waals surface area contributed by atoms with Crippen LogP contribution < -0.4 is 5.73 Å². The highest BCUT2D eigenvalue weighted by molar-refractivity contribution is 5.10. The number of aromatic nitrogens is 2.